The predicted octanol–water partition coefficient (Wildman–Crippen LogP) is 5.82. The van der Waals surface area contributed by atoms with Crippen LogP contribution in [0.1, 0.15) is 22.3 Å². The molecule has 162 valence electrons. The van der Waals surface area contributed by atoms with Gasteiger partial charge < -0.3 is 4.98 Å². The van der Waals surface area contributed by atoms with Gasteiger partial charge in [-0.05, 0) is 38.1 Å². The minimum Gasteiger partial charge on any atom is -0.360 e. The van der Waals surface area contributed by atoms with Gasteiger partial charge >= 0.3 is 0 Å². The van der Waals surface area contributed by atoms with Crippen LogP contribution in [0.5, 0.6) is 0 Å². The molecule has 0 saturated carbocycles. The summed E-state index contributed by atoms with van der Waals surface area (Å²) in [5.74, 6) is 0. The summed E-state index contributed by atoms with van der Waals surface area (Å²) in [7, 11) is 7.36. The largest absolute Gasteiger partial charge is 0.360 e. The Morgan fingerprint density at radius 3 is 2.12 bits per heavy atom. The van der Waals surface area contributed by atoms with Crippen LogP contribution in [0.15, 0.2) is 53.6 Å². The Morgan fingerprint density at radius 1 is 0.969 bits per heavy atom. The van der Waals surface area contributed by atoms with Gasteiger partial charge in [0, 0.05) is 50.0 Å². The van der Waals surface area contributed by atoms with Crippen molar-refractivity contribution in [2.75, 3.05) is 0 Å². The molecular weight excluding hydrogens is 491 g/mol. The second kappa shape index (κ2) is 11.6. The first kappa shape index (κ1) is 25.3. The van der Waals surface area contributed by atoms with E-state index in [2.05, 4.69) is 31.3 Å². The lowest BCUT2D eigenvalue weighted by molar-refractivity contribution is 0.698. The van der Waals surface area contributed by atoms with Gasteiger partial charge in [-0.2, -0.15) is 10.5 Å². The maximum absolute atomic E-state index is 11.7. The standard InChI is InChI=1S/C11H7ClN2.C11H8N2O.Cl2OS/c1-7-2-3-10-9(4-7)11(12)8(5-13)6-14-10;1-7-2-3-10-9(4-7)11(14)8(5-12)6-13-10;1-4(2)3/h2-4,6H,1H3;2-4,6H,1H3,(H,13,14);. The quantitative estimate of drug-likeness (QED) is 0.303. The highest BCUT2D eigenvalue weighted by Crippen LogP contribution is 2.25. The Bertz CT molecular complexity index is 1450. The summed E-state index contributed by atoms with van der Waals surface area (Å²) in [5, 5.41) is 19.3. The van der Waals surface area contributed by atoms with Gasteiger partial charge in [-0.3, -0.25) is 9.78 Å². The van der Waals surface area contributed by atoms with E-state index in [1.807, 2.05) is 56.3 Å². The number of hydrogen-bond acceptors (Lipinski definition) is 5. The number of H-pyrrole nitrogens is 1. The smallest absolute Gasteiger partial charge is 0.211 e. The Labute approximate surface area is 200 Å². The number of aromatic nitrogens is 2. The van der Waals surface area contributed by atoms with Crippen molar-refractivity contribution in [2.45, 2.75) is 13.8 Å². The van der Waals surface area contributed by atoms with E-state index >= 15 is 0 Å². The first-order chi connectivity index (χ1) is 15.2. The average Bonchev–Trinajstić information content (AvgIpc) is 2.75. The van der Waals surface area contributed by atoms with E-state index in [1.165, 1.54) is 12.4 Å². The molecule has 0 unspecified atom stereocenters. The van der Waals surface area contributed by atoms with Gasteiger partial charge in [-0.15, -0.1) is 0 Å². The fourth-order valence-corrected chi connectivity index (χ4v) is 3.01. The molecule has 0 aliphatic carbocycles. The summed E-state index contributed by atoms with van der Waals surface area (Å²) in [6.45, 7) is 3.90. The van der Waals surface area contributed by atoms with Crippen molar-refractivity contribution in [1.82, 2.24) is 9.97 Å². The number of hydrogen-bond donors (Lipinski definition) is 1. The lowest BCUT2D eigenvalue weighted by Crippen LogP contribution is -2.06. The molecule has 2 aromatic carbocycles. The Hall–Kier alpha value is -2.94. The highest BCUT2D eigenvalue weighted by atomic mass is 36.0. The number of halogens is 3. The molecule has 0 aliphatic rings. The van der Waals surface area contributed by atoms with Gasteiger partial charge in [0.25, 0.3) is 0 Å². The Morgan fingerprint density at radius 2 is 1.53 bits per heavy atom. The van der Waals surface area contributed by atoms with Gasteiger partial charge in [0.2, 0.25) is 14.7 Å². The maximum Gasteiger partial charge on any atom is 0.211 e. The molecule has 0 saturated heterocycles. The molecule has 6 nitrogen and oxygen atoms in total. The van der Waals surface area contributed by atoms with E-state index in [-0.39, 0.29) is 11.0 Å². The molecule has 2 heterocycles. The third-order valence-corrected chi connectivity index (χ3v) is 4.64. The van der Waals surface area contributed by atoms with E-state index in [9.17, 15) is 4.79 Å². The lowest BCUT2D eigenvalue weighted by atomic mass is 10.1. The third-order valence-electron chi connectivity index (χ3n) is 4.23. The number of aromatic amines is 1. The normalized spacial score (nSPS) is 9.88. The lowest BCUT2D eigenvalue weighted by Gasteiger charge is -2.02. The minimum atomic E-state index is -1.67. The van der Waals surface area contributed by atoms with Gasteiger partial charge in [-0.25, -0.2) is 4.21 Å². The Kier molecular flexibility index (Phi) is 9.19. The van der Waals surface area contributed by atoms with Crippen molar-refractivity contribution in [3.8, 4) is 12.1 Å². The van der Waals surface area contributed by atoms with Crippen LogP contribution < -0.4 is 5.43 Å². The molecule has 0 fully saturated rings. The van der Waals surface area contributed by atoms with Crippen LogP contribution in [0, 0.1) is 36.5 Å². The van der Waals surface area contributed by atoms with E-state index in [0.29, 0.717) is 16.0 Å². The van der Waals surface area contributed by atoms with Crippen molar-refractivity contribution in [1.29, 1.82) is 10.5 Å². The second-order valence-corrected chi connectivity index (χ2v) is 9.40. The van der Waals surface area contributed by atoms with Crippen LogP contribution in [0.3, 0.4) is 0 Å². The molecule has 0 atom stereocenters. The number of benzene rings is 2. The fourth-order valence-electron chi connectivity index (χ4n) is 2.77. The van der Waals surface area contributed by atoms with Gasteiger partial charge in [-0.1, -0.05) is 34.9 Å². The molecule has 4 rings (SSSR count). The third kappa shape index (κ3) is 6.53. The molecule has 0 spiro atoms. The fraction of sp³-hybridized carbons (Fsp3) is 0.0909. The molecule has 4 aromatic rings. The van der Waals surface area contributed by atoms with Crippen molar-refractivity contribution in [2.24, 2.45) is 0 Å². The number of aryl methyl sites for hydroxylation is 2. The van der Waals surface area contributed by atoms with Crippen LogP contribution in [0.2, 0.25) is 5.02 Å². The number of rotatable bonds is 0. The number of fused-ring (bicyclic) bond motifs is 2. The molecule has 0 amide bonds. The maximum atomic E-state index is 11.7. The number of nitriles is 2. The van der Waals surface area contributed by atoms with E-state index in [0.717, 1.165) is 27.5 Å². The topological polar surface area (TPSA) is 110 Å². The highest BCUT2D eigenvalue weighted by molar-refractivity contribution is 8.26. The van der Waals surface area contributed by atoms with Crippen LogP contribution in [-0.2, 0) is 9.23 Å². The zero-order chi connectivity index (χ0) is 23.8. The minimum absolute atomic E-state index is 0.156. The zero-order valence-corrected chi connectivity index (χ0v) is 19.9. The molecule has 32 heavy (non-hydrogen) atoms. The molecule has 0 radical (unpaired) electrons. The monoisotopic (exact) mass is 504 g/mol. The molecule has 0 aliphatic heterocycles. The zero-order valence-electron chi connectivity index (χ0n) is 16.8. The summed E-state index contributed by atoms with van der Waals surface area (Å²) in [6, 6.07) is 15.2. The van der Waals surface area contributed by atoms with E-state index in [4.69, 9.17) is 26.3 Å². The molecule has 0 bridgehead atoms. The van der Waals surface area contributed by atoms with Crippen LogP contribution in [-0.4, -0.2) is 14.2 Å². The van der Waals surface area contributed by atoms with Gasteiger partial charge in [0.05, 0.1) is 16.1 Å². The average molecular weight is 506 g/mol. The Balaban J connectivity index is 0.000000195. The summed E-state index contributed by atoms with van der Waals surface area (Å²) < 4.78 is 9.09. The van der Waals surface area contributed by atoms with E-state index in [1.54, 1.807) is 6.07 Å². The predicted molar refractivity (Wildman–Crippen MR) is 130 cm³/mol. The summed E-state index contributed by atoms with van der Waals surface area (Å²) in [5.41, 5.74) is 4.08. The van der Waals surface area contributed by atoms with Crippen molar-refractivity contribution >= 4 is 64.0 Å². The number of pyridine rings is 2. The molecule has 1 N–H and O–H groups in total. The van der Waals surface area contributed by atoms with Gasteiger partial charge in [0.1, 0.15) is 17.7 Å². The molecular formula is C22H15Cl3N4O2S. The first-order valence-electron chi connectivity index (χ1n) is 8.89. The number of nitrogens with zero attached hydrogens (tertiary/aromatic N) is 3. The van der Waals surface area contributed by atoms with Crippen molar-refractivity contribution < 1.29 is 4.21 Å². The van der Waals surface area contributed by atoms with E-state index < -0.39 is 9.23 Å². The van der Waals surface area contributed by atoms with Crippen LogP contribution in [0.4, 0.5) is 0 Å². The summed E-state index contributed by atoms with van der Waals surface area (Å²) in [4.78, 5) is 18.7. The second-order valence-electron chi connectivity index (χ2n) is 6.49. The summed E-state index contributed by atoms with van der Waals surface area (Å²) in [6.07, 6.45) is 2.94. The van der Waals surface area contributed by atoms with Crippen LogP contribution >= 0.6 is 33.0 Å². The molecule has 10 heteroatoms. The van der Waals surface area contributed by atoms with Gasteiger partial charge in [0.15, 0.2) is 0 Å². The summed E-state index contributed by atoms with van der Waals surface area (Å²) >= 11 is 6.05. The number of nitrogens with one attached hydrogen (secondary N) is 1. The molecule has 2 aromatic heterocycles. The first-order valence-corrected chi connectivity index (χ1v) is 12.1. The van der Waals surface area contributed by atoms with Crippen LogP contribution in [0.25, 0.3) is 21.8 Å². The van der Waals surface area contributed by atoms with Crippen molar-refractivity contribution in [3.05, 3.63) is 86.3 Å². The SMILES string of the molecule is Cc1ccc2[nH]cc(C#N)c(=O)c2c1.Cc1ccc2ncc(C#N)c(Cl)c2c1.O=S(Cl)Cl. The highest BCUT2D eigenvalue weighted by Gasteiger charge is 2.06. The van der Waals surface area contributed by atoms with Crippen molar-refractivity contribution in [3.63, 3.8) is 0 Å².